The summed E-state index contributed by atoms with van der Waals surface area (Å²) in [6.45, 7) is 0.875. The molecule has 32 heavy (non-hydrogen) atoms. The van der Waals surface area contributed by atoms with Gasteiger partial charge in [-0.25, -0.2) is 21.9 Å². The Bertz CT molecular complexity index is 910. The minimum atomic E-state index is -3.41. The van der Waals surface area contributed by atoms with E-state index < -0.39 is 21.7 Å². The maximum atomic E-state index is 14.1. The Hall–Kier alpha value is -1.58. The fourth-order valence-electron chi connectivity index (χ4n) is 5.17. The maximum absolute atomic E-state index is 14.1. The van der Waals surface area contributed by atoms with Gasteiger partial charge in [0.15, 0.2) is 0 Å². The Kier molecular flexibility index (Phi) is 7.17. The van der Waals surface area contributed by atoms with Crippen LogP contribution >= 0.6 is 0 Å². The molecule has 0 unspecified atom stereocenters. The molecule has 9 heteroatoms. The van der Waals surface area contributed by atoms with Crippen molar-refractivity contribution >= 4 is 15.9 Å². The number of piperidine rings is 1. The summed E-state index contributed by atoms with van der Waals surface area (Å²) < 4.78 is 60.9. The number of hydrogen-bond acceptors (Lipinski definition) is 4. The summed E-state index contributed by atoms with van der Waals surface area (Å²) in [7, 11) is -3.41. The summed E-state index contributed by atoms with van der Waals surface area (Å²) in [5, 5.41) is 0. The molecule has 1 heterocycles. The molecule has 4 rings (SSSR count). The van der Waals surface area contributed by atoms with Gasteiger partial charge in [0.25, 0.3) is 0 Å². The molecule has 3 fully saturated rings. The van der Waals surface area contributed by atoms with Crippen LogP contribution in [-0.4, -0.2) is 56.8 Å². The lowest BCUT2D eigenvalue weighted by atomic mass is 9.82. The fourth-order valence-corrected chi connectivity index (χ4v) is 5.99. The zero-order chi connectivity index (χ0) is 22.9. The summed E-state index contributed by atoms with van der Waals surface area (Å²) in [5.74, 6) is -1.02. The van der Waals surface area contributed by atoms with Gasteiger partial charge in [-0.3, -0.25) is 4.79 Å². The van der Waals surface area contributed by atoms with E-state index in [1.54, 1.807) is 0 Å². The van der Waals surface area contributed by atoms with Crippen molar-refractivity contribution in [3.8, 4) is 0 Å². The van der Waals surface area contributed by atoms with Crippen LogP contribution in [0.25, 0.3) is 0 Å². The van der Waals surface area contributed by atoms with Crippen LogP contribution in [-0.2, 0) is 19.6 Å². The first-order valence-electron chi connectivity index (χ1n) is 11.6. The van der Waals surface area contributed by atoms with Gasteiger partial charge >= 0.3 is 0 Å². The number of likely N-dealkylation sites (tertiary alicyclic amines) is 1. The Morgan fingerprint density at radius 3 is 2.34 bits per heavy atom. The van der Waals surface area contributed by atoms with Crippen LogP contribution in [0.1, 0.15) is 62.8 Å². The predicted octanol–water partition coefficient (Wildman–Crippen LogP) is 3.33. The molecule has 2 aliphatic carbocycles. The molecule has 0 aromatic heterocycles. The SMILES string of the molecule is CS(=O)(=O)N[C@H]1CCCN(C(=O)C2CC2)[C@H]1CO[C@H]1CC[C@@H](c2c(F)cccc2F)CC1. The van der Waals surface area contributed by atoms with Crippen molar-refractivity contribution in [3.63, 3.8) is 0 Å². The average Bonchev–Trinajstić information content (AvgIpc) is 3.57. The molecule has 1 aliphatic heterocycles. The molecule has 3 aliphatic rings. The van der Waals surface area contributed by atoms with Gasteiger partial charge in [-0.1, -0.05) is 6.07 Å². The van der Waals surface area contributed by atoms with E-state index in [4.69, 9.17) is 4.74 Å². The summed E-state index contributed by atoms with van der Waals surface area (Å²) in [4.78, 5) is 14.6. The van der Waals surface area contributed by atoms with Crippen LogP contribution in [0.5, 0.6) is 0 Å². The molecule has 6 nitrogen and oxygen atoms in total. The van der Waals surface area contributed by atoms with Gasteiger partial charge in [0.1, 0.15) is 11.6 Å². The maximum Gasteiger partial charge on any atom is 0.226 e. The molecule has 1 N–H and O–H groups in total. The Morgan fingerprint density at radius 2 is 1.75 bits per heavy atom. The number of amides is 1. The number of carbonyl (C=O) groups is 1. The van der Waals surface area contributed by atoms with Crippen molar-refractivity contribution in [2.45, 2.75) is 75.5 Å². The standard InChI is InChI=1S/C23H32F2N2O4S/c1-32(29,30)26-20-6-3-13-27(23(28)16-7-8-16)21(20)14-31-17-11-9-15(10-12-17)22-18(24)4-2-5-19(22)25/h2,4-5,15-17,20-21,26H,3,6-14H2,1H3/t15-,17+,20-,21-/m0/s1. The first-order valence-corrected chi connectivity index (χ1v) is 13.5. The third kappa shape index (κ3) is 5.66. The van der Waals surface area contributed by atoms with E-state index in [0.717, 1.165) is 25.5 Å². The lowest BCUT2D eigenvalue weighted by molar-refractivity contribution is -0.139. The zero-order valence-corrected chi connectivity index (χ0v) is 19.3. The molecule has 1 aromatic rings. The van der Waals surface area contributed by atoms with Crippen LogP contribution in [0.4, 0.5) is 8.78 Å². The van der Waals surface area contributed by atoms with Crippen molar-refractivity contribution < 1.29 is 26.7 Å². The van der Waals surface area contributed by atoms with Crippen LogP contribution in [0.2, 0.25) is 0 Å². The highest BCUT2D eigenvalue weighted by Crippen LogP contribution is 2.37. The predicted molar refractivity (Wildman–Crippen MR) is 117 cm³/mol. The van der Waals surface area contributed by atoms with Gasteiger partial charge < -0.3 is 9.64 Å². The van der Waals surface area contributed by atoms with Crippen LogP contribution in [0, 0.1) is 17.6 Å². The van der Waals surface area contributed by atoms with Crippen LogP contribution in [0.15, 0.2) is 18.2 Å². The second kappa shape index (κ2) is 9.73. The second-order valence-electron chi connectivity index (χ2n) is 9.45. The largest absolute Gasteiger partial charge is 0.376 e. The minimum Gasteiger partial charge on any atom is -0.376 e. The average molecular weight is 471 g/mol. The number of nitrogens with zero attached hydrogens (tertiary/aromatic N) is 1. The molecule has 0 bridgehead atoms. The van der Waals surface area contributed by atoms with E-state index in [2.05, 4.69) is 4.72 Å². The van der Waals surface area contributed by atoms with Gasteiger partial charge in [-0.15, -0.1) is 0 Å². The molecule has 2 saturated carbocycles. The summed E-state index contributed by atoms with van der Waals surface area (Å²) in [5.41, 5.74) is 0.164. The highest BCUT2D eigenvalue weighted by Gasteiger charge is 2.42. The van der Waals surface area contributed by atoms with Gasteiger partial charge in [-0.05, 0) is 69.4 Å². The number of carbonyl (C=O) groups excluding carboxylic acids is 1. The summed E-state index contributed by atoms with van der Waals surface area (Å²) >= 11 is 0. The lowest BCUT2D eigenvalue weighted by Crippen LogP contribution is -2.59. The van der Waals surface area contributed by atoms with E-state index in [0.29, 0.717) is 38.6 Å². The number of halogens is 2. The first kappa shape index (κ1) is 23.6. The monoisotopic (exact) mass is 470 g/mol. The van der Waals surface area contributed by atoms with E-state index >= 15 is 0 Å². The third-order valence-electron chi connectivity index (χ3n) is 6.94. The smallest absolute Gasteiger partial charge is 0.226 e. The van der Waals surface area contributed by atoms with Gasteiger partial charge in [0.2, 0.25) is 15.9 Å². The molecular formula is C23H32F2N2O4S. The first-order chi connectivity index (χ1) is 15.2. The molecule has 1 saturated heterocycles. The van der Waals surface area contributed by atoms with Gasteiger partial charge in [-0.2, -0.15) is 0 Å². The molecule has 0 radical (unpaired) electrons. The highest BCUT2D eigenvalue weighted by molar-refractivity contribution is 7.88. The Morgan fingerprint density at radius 1 is 1.09 bits per heavy atom. The number of ether oxygens (including phenoxy) is 1. The molecule has 2 atom stereocenters. The van der Waals surface area contributed by atoms with Crippen LogP contribution < -0.4 is 4.72 Å². The lowest BCUT2D eigenvalue weighted by Gasteiger charge is -2.42. The molecular weight excluding hydrogens is 438 g/mol. The summed E-state index contributed by atoms with van der Waals surface area (Å²) in [6, 6.07) is 3.26. The normalized spacial score (nSPS) is 29.2. The van der Waals surface area contributed by atoms with E-state index in [9.17, 15) is 22.0 Å². The van der Waals surface area contributed by atoms with Crippen LogP contribution in [0.3, 0.4) is 0 Å². The van der Waals surface area contributed by atoms with Crippen molar-refractivity contribution in [1.82, 2.24) is 9.62 Å². The number of hydrogen-bond donors (Lipinski definition) is 1. The Labute approximate surface area is 188 Å². The fraction of sp³-hybridized carbons (Fsp3) is 0.696. The second-order valence-corrected chi connectivity index (χ2v) is 11.2. The third-order valence-corrected chi connectivity index (χ3v) is 7.67. The number of benzene rings is 1. The molecule has 1 amide bonds. The van der Waals surface area contributed by atoms with E-state index in [1.807, 2.05) is 4.90 Å². The molecule has 0 spiro atoms. The number of sulfonamides is 1. The number of nitrogens with one attached hydrogen (secondary N) is 1. The highest BCUT2D eigenvalue weighted by atomic mass is 32.2. The minimum absolute atomic E-state index is 0.0561. The molecule has 1 aromatic carbocycles. The zero-order valence-electron chi connectivity index (χ0n) is 18.4. The van der Waals surface area contributed by atoms with E-state index in [-0.39, 0.29) is 48.1 Å². The van der Waals surface area contributed by atoms with Gasteiger partial charge in [0, 0.05) is 24.1 Å². The Balaban J connectivity index is 1.38. The molecule has 178 valence electrons. The number of rotatable bonds is 7. The topological polar surface area (TPSA) is 75.7 Å². The van der Waals surface area contributed by atoms with Crippen molar-refractivity contribution in [1.29, 1.82) is 0 Å². The van der Waals surface area contributed by atoms with Gasteiger partial charge in [0.05, 0.1) is 25.0 Å². The summed E-state index contributed by atoms with van der Waals surface area (Å²) in [6.07, 6.45) is 6.86. The van der Waals surface area contributed by atoms with Crippen molar-refractivity contribution in [2.24, 2.45) is 5.92 Å². The van der Waals surface area contributed by atoms with Crippen molar-refractivity contribution in [2.75, 3.05) is 19.4 Å². The van der Waals surface area contributed by atoms with E-state index in [1.165, 1.54) is 18.2 Å². The quantitative estimate of drug-likeness (QED) is 0.663. The van der Waals surface area contributed by atoms with Crippen molar-refractivity contribution in [3.05, 3.63) is 35.4 Å².